The molecular weight excluding hydrogens is 304 g/mol. The van der Waals surface area contributed by atoms with Gasteiger partial charge < -0.3 is 14.8 Å². The van der Waals surface area contributed by atoms with Gasteiger partial charge in [-0.15, -0.1) is 0 Å². The van der Waals surface area contributed by atoms with E-state index >= 15 is 0 Å². The van der Waals surface area contributed by atoms with Crippen molar-refractivity contribution in [2.75, 3.05) is 13.1 Å². The summed E-state index contributed by atoms with van der Waals surface area (Å²) in [6, 6.07) is -0.0700. The maximum Gasteiger partial charge on any atom is 0.245 e. The molecule has 2 aliphatic rings. The Bertz CT molecular complexity index is 592. The lowest BCUT2D eigenvalue weighted by Crippen LogP contribution is -2.53. The first-order valence-corrected chi connectivity index (χ1v) is 9.11. The number of aryl methyl sites for hydroxylation is 1. The zero-order valence-corrected chi connectivity index (χ0v) is 14.7. The Morgan fingerprint density at radius 1 is 1.25 bits per heavy atom. The van der Waals surface area contributed by atoms with E-state index in [2.05, 4.69) is 14.9 Å². The molecule has 1 aliphatic carbocycles. The fourth-order valence-electron chi connectivity index (χ4n) is 4.24. The second kappa shape index (κ2) is 7.36. The van der Waals surface area contributed by atoms with Crippen LogP contribution in [0.25, 0.3) is 0 Å². The molecule has 1 N–H and O–H groups in total. The number of nitrogens with one attached hydrogen (secondary N) is 1. The molecule has 1 aromatic heterocycles. The van der Waals surface area contributed by atoms with E-state index in [9.17, 15) is 9.59 Å². The third-order valence-electron chi connectivity index (χ3n) is 5.46. The Kier molecular flexibility index (Phi) is 5.21. The molecule has 0 aromatic carbocycles. The molecule has 2 unspecified atom stereocenters. The minimum Gasteiger partial charge on any atom is -0.344 e. The van der Waals surface area contributed by atoms with Crippen LogP contribution in [0, 0.1) is 12.8 Å². The van der Waals surface area contributed by atoms with E-state index in [0.717, 1.165) is 50.9 Å². The Balaban J connectivity index is 1.71. The summed E-state index contributed by atoms with van der Waals surface area (Å²) in [7, 11) is 0. The third kappa shape index (κ3) is 3.62. The molecule has 1 aromatic rings. The molecule has 24 heavy (non-hydrogen) atoms. The van der Waals surface area contributed by atoms with Gasteiger partial charge in [0.05, 0.1) is 6.04 Å². The topological polar surface area (TPSA) is 67.2 Å². The number of hydrogen-bond donors (Lipinski definition) is 1. The number of imidazole rings is 1. The number of likely N-dealkylation sites (tertiary alicyclic amines) is 1. The number of nitrogens with zero attached hydrogens (tertiary/aromatic N) is 3. The van der Waals surface area contributed by atoms with Crippen molar-refractivity contribution in [3.8, 4) is 0 Å². The Morgan fingerprint density at radius 3 is 2.62 bits per heavy atom. The first-order valence-electron chi connectivity index (χ1n) is 9.11. The molecule has 0 bridgehead atoms. The number of hydrogen-bond acceptors (Lipinski definition) is 3. The molecule has 132 valence electrons. The van der Waals surface area contributed by atoms with E-state index < -0.39 is 0 Å². The summed E-state index contributed by atoms with van der Waals surface area (Å²) in [6.07, 6.45) is 10.3. The van der Waals surface area contributed by atoms with E-state index in [4.69, 9.17) is 0 Å². The van der Waals surface area contributed by atoms with Gasteiger partial charge >= 0.3 is 0 Å². The van der Waals surface area contributed by atoms with Crippen LogP contribution in [0.5, 0.6) is 0 Å². The molecule has 1 saturated carbocycles. The van der Waals surface area contributed by atoms with E-state index in [-0.39, 0.29) is 29.8 Å². The van der Waals surface area contributed by atoms with Crippen LogP contribution >= 0.6 is 0 Å². The van der Waals surface area contributed by atoms with Crippen molar-refractivity contribution in [3.05, 3.63) is 18.2 Å². The molecule has 6 nitrogen and oxygen atoms in total. The number of piperidine rings is 1. The predicted molar refractivity (Wildman–Crippen MR) is 91.4 cm³/mol. The van der Waals surface area contributed by atoms with Crippen molar-refractivity contribution in [1.82, 2.24) is 19.8 Å². The Hall–Kier alpha value is -1.85. The Morgan fingerprint density at radius 2 is 2.00 bits per heavy atom. The largest absolute Gasteiger partial charge is 0.344 e. The number of carbonyl (C=O) groups is 2. The molecule has 0 radical (unpaired) electrons. The van der Waals surface area contributed by atoms with Gasteiger partial charge in [0.1, 0.15) is 11.9 Å². The molecule has 6 heteroatoms. The van der Waals surface area contributed by atoms with Gasteiger partial charge in [-0.1, -0.05) is 12.8 Å². The fraction of sp³-hybridized carbons (Fsp3) is 0.722. The average molecular weight is 332 g/mol. The summed E-state index contributed by atoms with van der Waals surface area (Å²) in [5.41, 5.74) is 0. The van der Waals surface area contributed by atoms with Gasteiger partial charge in [0.2, 0.25) is 11.8 Å². The molecule has 2 fully saturated rings. The van der Waals surface area contributed by atoms with Crippen molar-refractivity contribution >= 4 is 11.8 Å². The maximum atomic E-state index is 13.1. The molecule has 2 atom stereocenters. The Labute approximate surface area is 143 Å². The standard InChI is InChI=1S/C18H28N4O2/c1-13-19-9-11-22(13)16-8-5-10-21(12-16)18(24)17(20-14(2)23)15-6-3-4-7-15/h9,11,15-17H,3-8,10,12H2,1-2H3,(H,20,23). The third-order valence-corrected chi connectivity index (χ3v) is 5.46. The highest BCUT2D eigenvalue weighted by Gasteiger charge is 2.36. The fourth-order valence-corrected chi connectivity index (χ4v) is 4.24. The van der Waals surface area contributed by atoms with Crippen molar-refractivity contribution in [2.45, 2.75) is 64.5 Å². The van der Waals surface area contributed by atoms with Gasteiger partial charge in [-0.2, -0.15) is 0 Å². The summed E-state index contributed by atoms with van der Waals surface area (Å²) >= 11 is 0. The maximum absolute atomic E-state index is 13.1. The number of carbonyl (C=O) groups excluding carboxylic acids is 2. The highest BCUT2D eigenvalue weighted by atomic mass is 16.2. The predicted octanol–water partition coefficient (Wildman–Crippen LogP) is 2.05. The van der Waals surface area contributed by atoms with Crippen molar-refractivity contribution in [2.24, 2.45) is 5.92 Å². The van der Waals surface area contributed by atoms with Crippen molar-refractivity contribution in [3.63, 3.8) is 0 Å². The SMILES string of the molecule is CC(=O)NC(C(=O)N1CCCC(n2ccnc2C)C1)C1CCCC1. The monoisotopic (exact) mass is 332 g/mol. The smallest absolute Gasteiger partial charge is 0.245 e. The minimum atomic E-state index is -0.354. The van der Waals surface area contributed by atoms with E-state index in [1.54, 1.807) is 0 Å². The van der Waals surface area contributed by atoms with Crippen LogP contribution in [-0.2, 0) is 9.59 Å². The molecule has 2 heterocycles. The van der Waals surface area contributed by atoms with Crippen LogP contribution in [0.1, 0.15) is 57.3 Å². The van der Waals surface area contributed by atoms with Crippen LogP contribution in [-0.4, -0.2) is 45.4 Å². The first kappa shape index (κ1) is 17.0. The van der Waals surface area contributed by atoms with E-state index in [1.807, 2.05) is 24.2 Å². The number of rotatable bonds is 4. The zero-order valence-electron chi connectivity index (χ0n) is 14.7. The van der Waals surface area contributed by atoms with Crippen LogP contribution in [0.15, 0.2) is 12.4 Å². The summed E-state index contributed by atoms with van der Waals surface area (Å²) in [6.45, 7) is 4.99. The quantitative estimate of drug-likeness (QED) is 0.917. The van der Waals surface area contributed by atoms with Crippen LogP contribution in [0.3, 0.4) is 0 Å². The normalized spacial score (nSPS) is 23.2. The molecule has 0 spiro atoms. The first-order chi connectivity index (χ1) is 11.6. The van der Waals surface area contributed by atoms with Gasteiger partial charge in [-0.05, 0) is 38.5 Å². The highest BCUT2D eigenvalue weighted by Crippen LogP contribution is 2.30. The second-order valence-corrected chi connectivity index (χ2v) is 7.18. The van der Waals surface area contributed by atoms with Crippen molar-refractivity contribution < 1.29 is 9.59 Å². The van der Waals surface area contributed by atoms with Crippen LogP contribution in [0.4, 0.5) is 0 Å². The lowest BCUT2D eigenvalue weighted by molar-refractivity contribution is -0.139. The van der Waals surface area contributed by atoms with Gasteiger partial charge in [0, 0.05) is 32.4 Å². The second-order valence-electron chi connectivity index (χ2n) is 7.18. The lowest BCUT2D eigenvalue weighted by Gasteiger charge is -2.37. The molecule has 2 amide bonds. The number of amides is 2. The van der Waals surface area contributed by atoms with Crippen LogP contribution in [0.2, 0.25) is 0 Å². The summed E-state index contributed by atoms with van der Waals surface area (Å²) in [5, 5.41) is 2.93. The van der Waals surface area contributed by atoms with E-state index in [1.165, 1.54) is 6.92 Å². The average Bonchev–Trinajstić information content (AvgIpc) is 3.23. The number of aromatic nitrogens is 2. The zero-order chi connectivity index (χ0) is 17.1. The van der Waals surface area contributed by atoms with Gasteiger partial charge in [0.25, 0.3) is 0 Å². The molecule has 1 aliphatic heterocycles. The lowest BCUT2D eigenvalue weighted by atomic mass is 9.95. The van der Waals surface area contributed by atoms with Crippen molar-refractivity contribution in [1.29, 1.82) is 0 Å². The molecule has 1 saturated heterocycles. The minimum absolute atomic E-state index is 0.0968. The summed E-state index contributed by atoms with van der Waals surface area (Å²) in [5.74, 6) is 1.26. The molecular formula is C18H28N4O2. The summed E-state index contributed by atoms with van der Waals surface area (Å²) in [4.78, 5) is 31.0. The summed E-state index contributed by atoms with van der Waals surface area (Å²) < 4.78 is 2.17. The van der Waals surface area contributed by atoms with Gasteiger partial charge in [-0.3, -0.25) is 9.59 Å². The van der Waals surface area contributed by atoms with Crippen LogP contribution < -0.4 is 5.32 Å². The van der Waals surface area contributed by atoms with E-state index in [0.29, 0.717) is 6.54 Å². The molecule has 3 rings (SSSR count). The van der Waals surface area contributed by atoms with Gasteiger partial charge in [-0.25, -0.2) is 4.98 Å². The van der Waals surface area contributed by atoms with Gasteiger partial charge in [0.15, 0.2) is 0 Å². The highest BCUT2D eigenvalue weighted by molar-refractivity contribution is 5.87.